The van der Waals surface area contributed by atoms with E-state index in [1.54, 1.807) is 13.2 Å². The molecule has 5 nitrogen and oxygen atoms in total. The van der Waals surface area contributed by atoms with E-state index >= 15 is 0 Å². The van der Waals surface area contributed by atoms with Crippen molar-refractivity contribution in [3.63, 3.8) is 0 Å². The Hall–Kier alpha value is -2.27. The van der Waals surface area contributed by atoms with E-state index in [1.807, 2.05) is 6.07 Å². The van der Waals surface area contributed by atoms with Gasteiger partial charge in [0, 0.05) is 41.9 Å². The summed E-state index contributed by atoms with van der Waals surface area (Å²) in [6.07, 6.45) is 4.25. The number of aromatic nitrogens is 1. The molecule has 0 unspecified atom stereocenters. The molecule has 25 heavy (non-hydrogen) atoms. The molecule has 1 aliphatic heterocycles. The van der Waals surface area contributed by atoms with Crippen molar-refractivity contribution in [1.82, 2.24) is 10.3 Å². The number of benzene rings is 1. The number of hydrogen-bond donors (Lipinski definition) is 2. The summed E-state index contributed by atoms with van der Waals surface area (Å²) in [6, 6.07) is 8.02. The lowest BCUT2D eigenvalue weighted by atomic mass is 9.91. The molecule has 4 rings (SSSR count). The molecule has 0 amide bonds. The number of rotatable bonds is 4. The first-order valence-corrected chi connectivity index (χ1v) is 8.96. The van der Waals surface area contributed by atoms with E-state index < -0.39 is 0 Å². The van der Waals surface area contributed by atoms with Crippen LogP contribution in [0.3, 0.4) is 0 Å². The number of fused-ring (bicyclic) bond motifs is 2. The van der Waals surface area contributed by atoms with Crippen molar-refractivity contribution in [1.29, 1.82) is 0 Å². The molecule has 2 aromatic rings. The van der Waals surface area contributed by atoms with E-state index in [1.165, 1.54) is 11.1 Å². The summed E-state index contributed by atoms with van der Waals surface area (Å²) in [7, 11) is 1.71. The van der Waals surface area contributed by atoms with Crippen molar-refractivity contribution in [2.24, 2.45) is 0 Å². The standard InChI is InChI=1S/C20H24N2O3/c1-12-8-13-9-18(24-2)14(10-19(13)25-12)11-21-16-4-3-5-17-15(16)6-7-20(23)22-17/h6-7,9-10,12,16,21H,3-5,8,11H2,1-2H3,(H,22,23)/t12-,16-/m1/s1. The quantitative estimate of drug-likeness (QED) is 0.898. The van der Waals surface area contributed by atoms with Crippen molar-refractivity contribution in [2.45, 2.75) is 51.3 Å². The van der Waals surface area contributed by atoms with E-state index in [9.17, 15) is 4.79 Å². The average molecular weight is 340 g/mol. The lowest BCUT2D eigenvalue weighted by Gasteiger charge is -2.26. The number of methoxy groups -OCH3 is 1. The fraction of sp³-hybridized carbons (Fsp3) is 0.450. The van der Waals surface area contributed by atoms with Crippen LogP contribution >= 0.6 is 0 Å². The van der Waals surface area contributed by atoms with E-state index in [4.69, 9.17) is 9.47 Å². The Bertz CT molecular complexity index is 843. The van der Waals surface area contributed by atoms with Crippen LogP contribution < -0.4 is 20.3 Å². The second-order valence-electron chi connectivity index (χ2n) is 6.99. The Kier molecular flexibility index (Phi) is 4.25. The molecule has 2 heterocycles. The first-order valence-electron chi connectivity index (χ1n) is 8.96. The van der Waals surface area contributed by atoms with Gasteiger partial charge in [-0.2, -0.15) is 0 Å². The lowest BCUT2D eigenvalue weighted by molar-refractivity contribution is 0.254. The predicted molar refractivity (Wildman–Crippen MR) is 96.4 cm³/mol. The van der Waals surface area contributed by atoms with Gasteiger partial charge in [-0.05, 0) is 43.9 Å². The summed E-state index contributed by atoms with van der Waals surface area (Å²) >= 11 is 0. The Morgan fingerprint density at radius 1 is 1.36 bits per heavy atom. The van der Waals surface area contributed by atoms with Crippen molar-refractivity contribution < 1.29 is 9.47 Å². The van der Waals surface area contributed by atoms with E-state index in [2.05, 4.69) is 29.4 Å². The minimum absolute atomic E-state index is 0.0223. The van der Waals surface area contributed by atoms with E-state index in [0.29, 0.717) is 6.54 Å². The van der Waals surface area contributed by atoms with Gasteiger partial charge < -0.3 is 19.8 Å². The predicted octanol–water partition coefficient (Wildman–Crippen LogP) is 2.87. The number of aromatic amines is 1. The van der Waals surface area contributed by atoms with E-state index in [-0.39, 0.29) is 17.7 Å². The SMILES string of the molecule is COc1cc2c(cc1CN[C@@H]1CCCc3[nH]c(=O)ccc31)O[C@H](C)C2. The zero-order valence-corrected chi connectivity index (χ0v) is 14.7. The number of hydrogen-bond acceptors (Lipinski definition) is 4. The molecule has 0 fully saturated rings. The second kappa shape index (κ2) is 6.56. The smallest absolute Gasteiger partial charge is 0.248 e. The van der Waals surface area contributed by atoms with Gasteiger partial charge in [-0.1, -0.05) is 6.07 Å². The summed E-state index contributed by atoms with van der Waals surface area (Å²) in [5, 5.41) is 3.63. The molecule has 1 aromatic carbocycles. The summed E-state index contributed by atoms with van der Waals surface area (Å²) in [5.74, 6) is 1.87. The van der Waals surface area contributed by atoms with Crippen LogP contribution in [-0.2, 0) is 19.4 Å². The Balaban J connectivity index is 1.55. The summed E-state index contributed by atoms with van der Waals surface area (Å²) in [5.41, 5.74) is 4.57. The highest BCUT2D eigenvalue weighted by molar-refractivity contribution is 5.48. The largest absolute Gasteiger partial charge is 0.496 e. The third-order valence-electron chi connectivity index (χ3n) is 5.17. The Labute approximate surface area is 147 Å². The molecule has 0 saturated heterocycles. The van der Waals surface area contributed by atoms with Gasteiger partial charge in [0.25, 0.3) is 0 Å². The minimum atomic E-state index is -0.0223. The van der Waals surface area contributed by atoms with Crippen LogP contribution in [0.2, 0.25) is 0 Å². The van der Waals surface area contributed by atoms with Crippen LogP contribution in [0, 0.1) is 0 Å². The fourth-order valence-electron chi connectivity index (χ4n) is 3.96. The molecule has 0 saturated carbocycles. The number of pyridine rings is 1. The molecule has 0 radical (unpaired) electrons. The van der Waals surface area contributed by atoms with Crippen LogP contribution in [0.4, 0.5) is 0 Å². The van der Waals surface area contributed by atoms with Crippen LogP contribution in [0.5, 0.6) is 11.5 Å². The highest BCUT2D eigenvalue weighted by atomic mass is 16.5. The molecule has 0 bridgehead atoms. The number of aryl methyl sites for hydroxylation is 1. The highest BCUT2D eigenvalue weighted by Gasteiger charge is 2.23. The van der Waals surface area contributed by atoms with Crippen LogP contribution in [0.1, 0.15) is 48.2 Å². The summed E-state index contributed by atoms with van der Waals surface area (Å²) in [6.45, 7) is 2.79. The maximum atomic E-state index is 11.5. The molecule has 2 aliphatic rings. The Morgan fingerprint density at radius 2 is 2.24 bits per heavy atom. The first kappa shape index (κ1) is 16.2. The molecule has 132 valence electrons. The van der Waals surface area contributed by atoms with Crippen molar-refractivity contribution in [2.75, 3.05) is 7.11 Å². The van der Waals surface area contributed by atoms with E-state index in [0.717, 1.165) is 48.4 Å². The van der Waals surface area contributed by atoms with Gasteiger partial charge in [-0.3, -0.25) is 4.79 Å². The zero-order chi connectivity index (χ0) is 17.4. The van der Waals surface area contributed by atoms with Gasteiger partial charge in [-0.15, -0.1) is 0 Å². The molecular weight excluding hydrogens is 316 g/mol. The zero-order valence-electron chi connectivity index (χ0n) is 14.7. The number of H-pyrrole nitrogens is 1. The summed E-state index contributed by atoms with van der Waals surface area (Å²) in [4.78, 5) is 14.5. The van der Waals surface area contributed by atoms with Gasteiger partial charge in [-0.25, -0.2) is 0 Å². The topological polar surface area (TPSA) is 63.3 Å². The number of nitrogens with one attached hydrogen (secondary N) is 2. The molecule has 1 aromatic heterocycles. The Morgan fingerprint density at radius 3 is 3.08 bits per heavy atom. The second-order valence-corrected chi connectivity index (χ2v) is 6.99. The molecule has 5 heteroatoms. The van der Waals surface area contributed by atoms with Crippen LogP contribution in [0.25, 0.3) is 0 Å². The van der Waals surface area contributed by atoms with Crippen molar-refractivity contribution in [3.8, 4) is 11.5 Å². The molecular formula is C20H24N2O3. The van der Waals surface area contributed by atoms with Gasteiger partial charge in [0.1, 0.15) is 17.6 Å². The van der Waals surface area contributed by atoms with Gasteiger partial charge in [0.15, 0.2) is 0 Å². The first-order chi connectivity index (χ1) is 12.1. The lowest BCUT2D eigenvalue weighted by Crippen LogP contribution is -2.27. The maximum Gasteiger partial charge on any atom is 0.248 e. The van der Waals surface area contributed by atoms with Crippen molar-refractivity contribution >= 4 is 0 Å². The minimum Gasteiger partial charge on any atom is -0.496 e. The van der Waals surface area contributed by atoms with Crippen molar-refractivity contribution in [3.05, 3.63) is 57.0 Å². The normalized spacial score (nSPS) is 21.4. The molecule has 0 spiro atoms. The third-order valence-corrected chi connectivity index (χ3v) is 5.17. The molecule has 1 aliphatic carbocycles. The van der Waals surface area contributed by atoms with Gasteiger partial charge in [0.2, 0.25) is 5.56 Å². The summed E-state index contributed by atoms with van der Waals surface area (Å²) < 4.78 is 11.5. The fourth-order valence-corrected chi connectivity index (χ4v) is 3.96. The highest BCUT2D eigenvalue weighted by Crippen LogP contribution is 2.35. The van der Waals surface area contributed by atoms with Crippen LogP contribution in [-0.4, -0.2) is 18.2 Å². The number of ether oxygens (including phenoxy) is 2. The third kappa shape index (κ3) is 3.16. The molecule has 2 N–H and O–H groups in total. The molecule has 2 atom stereocenters. The van der Waals surface area contributed by atoms with Gasteiger partial charge in [0.05, 0.1) is 7.11 Å². The average Bonchev–Trinajstić information content (AvgIpc) is 2.97. The van der Waals surface area contributed by atoms with Gasteiger partial charge >= 0.3 is 0 Å². The monoisotopic (exact) mass is 340 g/mol. The van der Waals surface area contributed by atoms with Crippen LogP contribution in [0.15, 0.2) is 29.1 Å². The maximum absolute atomic E-state index is 11.5.